The molecule has 37 heavy (non-hydrogen) atoms. The van der Waals surface area contributed by atoms with E-state index < -0.39 is 35.2 Å². The predicted octanol–water partition coefficient (Wildman–Crippen LogP) is 6.33. The molecule has 2 aromatic carbocycles. The molecule has 9 heteroatoms. The molecule has 1 aliphatic rings. The van der Waals surface area contributed by atoms with Crippen LogP contribution in [0.4, 0.5) is 13.2 Å². The predicted molar refractivity (Wildman–Crippen MR) is 130 cm³/mol. The molecular formula is C28H26F3NO5. The summed E-state index contributed by atoms with van der Waals surface area (Å²) in [5.74, 6) is -0.960. The summed E-state index contributed by atoms with van der Waals surface area (Å²) >= 11 is 0. The van der Waals surface area contributed by atoms with Crippen LogP contribution in [0.3, 0.4) is 0 Å². The number of benzene rings is 2. The van der Waals surface area contributed by atoms with Gasteiger partial charge in [-0.2, -0.15) is 13.2 Å². The van der Waals surface area contributed by atoms with Crippen molar-refractivity contribution in [3.05, 3.63) is 93.9 Å². The van der Waals surface area contributed by atoms with Crippen LogP contribution in [0.25, 0.3) is 5.76 Å². The largest absolute Gasteiger partial charge is 0.507 e. The van der Waals surface area contributed by atoms with E-state index in [2.05, 4.69) is 0 Å². The van der Waals surface area contributed by atoms with Gasteiger partial charge in [-0.05, 0) is 73.9 Å². The van der Waals surface area contributed by atoms with Gasteiger partial charge in [0.25, 0.3) is 11.7 Å². The highest BCUT2D eigenvalue weighted by atomic mass is 19.4. The van der Waals surface area contributed by atoms with Gasteiger partial charge in [0.15, 0.2) is 0 Å². The van der Waals surface area contributed by atoms with Gasteiger partial charge in [-0.1, -0.05) is 19.1 Å². The van der Waals surface area contributed by atoms with Gasteiger partial charge in [-0.25, -0.2) is 0 Å². The van der Waals surface area contributed by atoms with Crippen molar-refractivity contribution in [1.82, 2.24) is 4.90 Å². The number of ether oxygens (including phenoxy) is 1. The third-order valence-corrected chi connectivity index (χ3v) is 6.09. The first-order valence-corrected chi connectivity index (χ1v) is 11.8. The molecule has 1 aromatic heterocycles. The first kappa shape index (κ1) is 26.1. The van der Waals surface area contributed by atoms with E-state index in [9.17, 15) is 27.9 Å². The molecule has 1 amide bonds. The van der Waals surface area contributed by atoms with E-state index in [4.69, 9.17) is 9.15 Å². The Balaban J connectivity index is 1.79. The summed E-state index contributed by atoms with van der Waals surface area (Å²) in [5.41, 5.74) is 0.131. The fraction of sp³-hybridized carbons (Fsp3) is 0.286. The minimum absolute atomic E-state index is 0.179. The van der Waals surface area contributed by atoms with Gasteiger partial charge in [-0.3, -0.25) is 9.59 Å². The molecule has 1 saturated heterocycles. The van der Waals surface area contributed by atoms with Gasteiger partial charge >= 0.3 is 6.18 Å². The average Bonchev–Trinajstić information content (AvgIpc) is 3.38. The van der Waals surface area contributed by atoms with Crippen LogP contribution in [0.2, 0.25) is 0 Å². The smallest absolute Gasteiger partial charge is 0.416 e. The number of aliphatic hydroxyl groups is 1. The number of carbonyl (C=O) groups is 2. The number of aryl methyl sites for hydroxylation is 2. The quantitative estimate of drug-likeness (QED) is 0.227. The van der Waals surface area contributed by atoms with E-state index >= 15 is 0 Å². The number of ketones is 1. The molecule has 2 heterocycles. The summed E-state index contributed by atoms with van der Waals surface area (Å²) in [7, 11) is 0. The van der Waals surface area contributed by atoms with Gasteiger partial charge in [-0.15, -0.1) is 0 Å². The highest BCUT2D eigenvalue weighted by molar-refractivity contribution is 6.46. The molecule has 1 atom stereocenters. The van der Waals surface area contributed by atoms with Crippen LogP contribution < -0.4 is 4.74 Å². The lowest BCUT2D eigenvalue weighted by Gasteiger charge is -2.24. The van der Waals surface area contributed by atoms with Gasteiger partial charge in [0.2, 0.25) is 0 Å². The van der Waals surface area contributed by atoms with Crippen molar-refractivity contribution >= 4 is 17.4 Å². The number of hydrogen-bond donors (Lipinski definition) is 1. The minimum Gasteiger partial charge on any atom is -0.507 e. The Bertz CT molecular complexity index is 1370. The summed E-state index contributed by atoms with van der Waals surface area (Å²) in [5, 5.41) is 11.2. The Hall–Kier alpha value is -4.01. The van der Waals surface area contributed by atoms with Crippen LogP contribution in [-0.2, 0) is 22.3 Å². The molecule has 0 radical (unpaired) electrons. The fourth-order valence-electron chi connectivity index (χ4n) is 4.31. The Morgan fingerprint density at radius 1 is 1.08 bits per heavy atom. The number of furan rings is 1. The van der Waals surface area contributed by atoms with E-state index in [0.29, 0.717) is 23.7 Å². The Morgan fingerprint density at radius 2 is 1.84 bits per heavy atom. The summed E-state index contributed by atoms with van der Waals surface area (Å²) in [6.45, 7) is 5.68. The van der Waals surface area contributed by atoms with Crippen molar-refractivity contribution in [3.8, 4) is 5.75 Å². The van der Waals surface area contributed by atoms with Crippen molar-refractivity contribution in [2.24, 2.45) is 0 Å². The zero-order valence-corrected chi connectivity index (χ0v) is 20.6. The number of alkyl halides is 3. The monoisotopic (exact) mass is 513 g/mol. The molecule has 4 rings (SSSR count). The molecule has 0 bridgehead atoms. The third-order valence-electron chi connectivity index (χ3n) is 6.09. The second-order valence-electron chi connectivity index (χ2n) is 8.90. The number of halogens is 3. The zero-order chi connectivity index (χ0) is 26.9. The summed E-state index contributed by atoms with van der Waals surface area (Å²) < 4.78 is 51.1. The van der Waals surface area contributed by atoms with Gasteiger partial charge in [0.1, 0.15) is 29.1 Å². The fourth-order valence-corrected chi connectivity index (χ4v) is 4.31. The lowest BCUT2D eigenvalue weighted by Crippen LogP contribution is -2.29. The third kappa shape index (κ3) is 5.26. The number of amides is 1. The van der Waals surface area contributed by atoms with E-state index in [0.717, 1.165) is 29.0 Å². The first-order valence-electron chi connectivity index (χ1n) is 11.8. The Morgan fingerprint density at radius 3 is 2.46 bits per heavy atom. The van der Waals surface area contributed by atoms with Crippen molar-refractivity contribution in [2.75, 3.05) is 6.61 Å². The van der Waals surface area contributed by atoms with Crippen LogP contribution in [0.1, 0.15) is 53.2 Å². The summed E-state index contributed by atoms with van der Waals surface area (Å²) in [6, 6.07) is 11.5. The number of carbonyl (C=O) groups excluding carboxylic acids is 2. The molecule has 1 unspecified atom stereocenters. The normalized spacial score (nSPS) is 17.5. The van der Waals surface area contributed by atoms with Crippen LogP contribution in [0, 0.1) is 13.8 Å². The van der Waals surface area contributed by atoms with Crippen molar-refractivity contribution in [1.29, 1.82) is 0 Å². The molecule has 1 N–H and O–H groups in total. The first-order chi connectivity index (χ1) is 17.5. The lowest BCUT2D eigenvalue weighted by molar-refractivity contribution is -0.140. The maximum atomic E-state index is 13.3. The second-order valence-corrected chi connectivity index (χ2v) is 8.90. The summed E-state index contributed by atoms with van der Waals surface area (Å²) in [6.07, 6.45) is -3.74. The molecule has 3 aromatic rings. The molecule has 1 fully saturated rings. The minimum atomic E-state index is -4.56. The zero-order valence-electron chi connectivity index (χ0n) is 20.6. The van der Waals surface area contributed by atoms with E-state index in [1.165, 1.54) is 12.1 Å². The van der Waals surface area contributed by atoms with Gasteiger partial charge in [0, 0.05) is 12.1 Å². The standard InChI is InChI=1S/C28H26F3NO5/c1-4-12-36-21-11-9-19(13-16(21)2)25(33)23-24(22-10-8-17(3)37-22)32(27(35)26(23)34)15-18-6-5-7-20(14-18)28(29,30)31/h5-11,13-14,24,33H,4,12,15H2,1-3H3/b25-23-. The number of Topliss-reactive ketones (excluding diaryl/α,β-unsaturated/α-hetero) is 1. The summed E-state index contributed by atoms with van der Waals surface area (Å²) in [4.78, 5) is 27.4. The topological polar surface area (TPSA) is 80.0 Å². The van der Waals surface area contributed by atoms with Crippen LogP contribution >= 0.6 is 0 Å². The molecule has 0 saturated carbocycles. The molecule has 1 aliphatic heterocycles. The van der Waals surface area contributed by atoms with Crippen molar-refractivity contribution in [3.63, 3.8) is 0 Å². The van der Waals surface area contributed by atoms with Crippen molar-refractivity contribution in [2.45, 2.75) is 46.0 Å². The van der Waals surface area contributed by atoms with Crippen LogP contribution in [-0.4, -0.2) is 28.3 Å². The molecule has 6 nitrogen and oxygen atoms in total. The molecule has 0 aliphatic carbocycles. The highest BCUT2D eigenvalue weighted by Crippen LogP contribution is 2.41. The number of nitrogens with zero attached hydrogens (tertiary/aromatic N) is 1. The number of aliphatic hydroxyl groups excluding tert-OH is 1. The number of hydrogen-bond acceptors (Lipinski definition) is 5. The number of rotatable bonds is 7. The van der Waals surface area contributed by atoms with E-state index in [1.54, 1.807) is 44.2 Å². The van der Waals surface area contributed by atoms with Gasteiger partial charge < -0.3 is 19.2 Å². The Labute approximate surface area is 212 Å². The maximum Gasteiger partial charge on any atom is 0.416 e. The molecular weight excluding hydrogens is 487 g/mol. The number of likely N-dealkylation sites (tertiary alicyclic amines) is 1. The Kier molecular flexibility index (Phi) is 7.16. The lowest BCUT2D eigenvalue weighted by atomic mass is 9.98. The van der Waals surface area contributed by atoms with Gasteiger partial charge in [0.05, 0.1) is 17.7 Å². The highest BCUT2D eigenvalue weighted by Gasteiger charge is 2.47. The second kappa shape index (κ2) is 10.2. The maximum absolute atomic E-state index is 13.3. The SMILES string of the molecule is CCCOc1ccc(/C(O)=C2/C(=O)C(=O)N(Cc3cccc(C(F)(F)F)c3)C2c2ccc(C)o2)cc1C. The van der Waals surface area contributed by atoms with E-state index in [-0.39, 0.29) is 23.4 Å². The van der Waals surface area contributed by atoms with E-state index in [1.807, 2.05) is 6.92 Å². The molecule has 194 valence electrons. The molecule has 0 spiro atoms. The average molecular weight is 514 g/mol. The van der Waals surface area contributed by atoms with Crippen LogP contribution in [0.15, 0.2) is 64.6 Å². The van der Waals surface area contributed by atoms with Crippen molar-refractivity contribution < 1.29 is 37.0 Å². The van der Waals surface area contributed by atoms with Crippen LogP contribution in [0.5, 0.6) is 5.75 Å².